The quantitative estimate of drug-likeness (QED) is 0.783. The van der Waals surface area contributed by atoms with Crippen molar-refractivity contribution >= 4 is 33.1 Å². The Hall–Kier alpha value is -2.67. The Morgan fingerprint density at radius 3 is 2.54 bits per heavy atom. The van der Waals surface area contributed by atoms with Crippen molar-refractivity contribution in [3.8, 4) is 0 Å². The van der Waals surface area contributed by atoms with E-state index in [9.17, 15) is 18.0 Å². The molecule has 1 atom stereocenters. The van der Waals surface area contributed by atoms with Crippen molar-refractivity contribution in [3.05, 3.63) is 53.6 Å². The molecule has 1 heterocycles. The Morgan fingerprint density at radius 1 is 1.11 bits per heavy atom. The maximum atomic E-state index is 12.8. The van der Waals surface area contributed by atoms with E-state index >= 15 is 0 Å². The highest BCUT2D eigenvalue weighted by molar-refractivity contribution is 7.92. The monoisotopic (exact) mass is 398 g/mol. The lowest BCUT2D eigenvalue weighted by Gasteiger charge is -2.22. The number of nitrogens with zero attached hydrogens (tertiary/aromatic N) is 1. The van der Waals surface area contributed by atoms with Gasteiger partial charge in [0.1, 0.15) is 0 Å². The third kappa shape index (κ3) is 3.42. The SMILES string of the molecule is CC(=O)c1cccc(NS(=O)(=O)c2ccc3c(c2)C[C@@H](C)N3C(=O)C2CC2)c1. The van der Waals surface area contributed by atoms with Crippen LogP contribution in [0.5, 0.6) is 0 Å². The van der Waals surface area contributed by atoms with Crippen LogP contribution >= 0.6 is 0 Å². The maximum absolute atomic E-state index is 12.8. The van der Waals surface area contributed by atoms with Crippen LogP contribution in [0.3, 0.4) is 0 Å². The summed E-state index contributed by atoms with van der Waals surface area (Å²) in [6, 6.07) is 11.3. The Labute approximate surface area is 164 Å². The second-order valence-electron chi connectivity index (χ2n) is 7.57. The minimum atomic E-state index is -3.80. The zero-order chi connectivity index (χ0) is 20.1. The van der Waals surface area contributed by atoms with Gasteiger partial charge in [0, 0.05) is 28.9 Å². The van der Waals surface area contributed by atoms with E-state index in [2.05, 4.69) is 4.72 Å². The van der Waals surface area contributed by atoms with Crippen LogP contribution in [0.2, 0.25) is 0 Å². The number of Topliss-reactive ketones (excluding diaryl/α,β-unsaturated/α-hetero) is 1. The highest BCUT2D eigenvalue weighted by Gasteiger charge is 2.39. The first-order valence-corrected chi connectivity index (χ1v) is 10.8. The van der Waals surface area contributed by atoms with E-state index in [0.717, 1.165) is 24.1 Å². The molecular weight excluding hydrogens is 376 g/mol. The van der Waals surface area contributed by atoms with Crippen LogP contribution < -0.4 is 9.62 Å². The second-order valence-corrected chi connectivity index (χ2v) is 9.25. The topological polar surface area (TPSA) is 83.6 Å². The third-order valence-electron chi connectivity index (χ3n) is 5.26. The molecule has 4 rings (SSSR count). The van der Waals surface area contributed by atoms with Crippen LogP contribution in [-0.2, 0) is 21.2 Å². The van der Waals surface area contributed by atoms with Gasteiger partial charge in [-0.15, -0.1) is 0 Å². The Morgan fingerprint density at radius 2 is 1.86 bits per heavy atom. The molecule has 2 aliphatic rings. The van der Waals surface area contributed by atoms with Crippen LogP contribution in [0.4, 0.5) is 11.4 Å². The minimum Gasteiger partial charge on any atom is -0.309 e. The fraction of sp³-hybridized carbons (Fsp3) is 0.333. The van der Waals surface area contributed by atoms with Gasteiger partial charge in [-0.25, -0.2) is 8.42 Å². The molecule has 7 heteroatoms. The van der Waals surface area contributed by atoms with Crippen LogP contribution in [-0.4, -0.2) is 26.2 Å². The molecule has 0 saturated heterocycles. The number of fused-ring (bicyclic) bond motifs is 1. The van der Waals surface area contributed by atoms with Gasteiger partial charge >= 0.3 is 0 Å². The summed E-state index contributed by atoms with van der Waals surface area (Å²) in [6.07, 6.45) is 2.51. The molecule has 0 spiro atoms. The van der Waals surface area contributed by atoms with Crippen molar-refractivity contribution in [1.29, 1.82) is 0 Å². The number of nitrogens with one attached hydrogen (secondary N) is 1. The van der Waals surface area contributed by atoms with E-state index in [-0.39, 0.29) is 28.5 Å². The summed E-state index contributed by atoms with van der Waals surface area (Å²) in [5.41, 5.74) is 2.45. The number of sulfonamides is 1. The van der Waals surface area contributed by atoms with Gasteiger partial charge in [-0.3, -0.25) is 14.3 Å². The zero-order valence-corrected chi connectivity index (χ0v) is 16.6. The number of hydrogen-bond acceptors (Lipinski definition) is 4. The van der Waals surface area contributed by atoms with Gasteiger partial charge in [-0.2, -0.15) is 0 Å². The van der Waals surface area contributed by atoms with E-state index in [1.165, 1.54) is 19.1 Å². The molecule has 0 bridgehead atoms. The van der Waals surface area contributed by atoms with Gasteiger partial charge in [0.25, 0.3) is 10.0 Å². The highest BCUT2D eigenvalue weighted by Crippen LogP contribution is 2.39. The highest BCUT2D eigenvalue weighted by atomic mass is 32.2. The summed E-state index contributed by atoms with van der Waals surface area (Å²) < 4.78 is 28.2. The molecule has 28 heavy (non-hydrogen) atoms. The van der Waals surface area contributed by atoms with Crippen LogP contribution in [0, 0.1) is 5.92 Å². The molecule has 1 amide bonds. The number of ketones is 1. The van der Waals surface area contributed by atoms with Crippen LogP contribution in [0.15, 0.2) is 47.4 Å². The van der Waals surface area contributed by atoms with E-state index in [4.69, 9.17) is 0 Å². The molecule has 1 aliphatic heterocycles. The van der Waals surface area contributed by atoms with Gasteiger partial charge < -0.3 is 4.90 Å². The predicted molar refractivity (Wildman–Crippen MR) is 107 cm³/mol. The first kappa shape index (κ1) is 18.7. The smallest absolute Gasteiger partial charge is 0.261 e. The predicted octanol–water partition coefficient (Wildman–Crippen LogP) is 3.38. The number of rotatable bonds is 5. The van der Waals surface area contributed by atoms with Gasteiger partial charge in [-0.1, -0.05) is 12.1 Å². The largest absolute Gasteiger partial charge is 0.309 e. The fourth-order valence-electron chi connectivity index (χ4n) is 3.65. The summed E-state index contributed by atoms with van der Waals surface area (Å²) in [5, 5.41) is 0. The van der Waals surface area contributed by atoms with Crippen molar-refractivity contribution in [2.75, 3.05) is 9.62 Å². The lowest BCUT2D eigenvalue weighted by atomic mass is 10.1. The first-order chi connectivity index (χ1) is 13.3. The molecule has 1 aliphatic carbocycles. The van der Waals surface area contributed by atoms with Crippen molar-refractivity contribution in [3.63, 3.8) is 0 Å². The van der Waals surface area contributed by atoms with E-state index < -0.39 is 10.0 Å². The molecule has 1 fully saturated rings. The average molecular weight is 398 g/mol. The Kier molecular flexibility index (Phi) is 4.50. The molecular formula is C21H22N2O4S. The Balaban J connectivity index is 1.61. The number of carbonyl (C=O) groups is 2. The minimum absolute atomic E-state index is 0.0289. The summed E-state index contributed by atoms with van der Waals surface area (Å²) in [7, 11) is -3.80. The van der Waals surface area contributed by atoms with E-state index in [1.807, 2.05) is 11.8 Å². The molecule has 146 valence electrons. The normalized spacial score (nSPS) is 18.6. The summed E-state index contributed by atoms with van der Waals surface area (Å²) >= 11 is 0. The fourth-order valence-corrected chi connectivity index (χ4v) is 4.75. The van der Waals surface area contributed by atoms with Gasteiger partial charge in [0.15, 0.2) is 5.78 Å². The first-order valence-electron chi connectivity index (χ1n) is 9.36. The average Bonchev–Trinajstić information content (AvgIpc) is 3.43. The summed E-state index contributed by atoms with van der Waals surface area (Å²) in [6.45, 7) is 3.42. The van der Waals surface area contributed by atoms with Crippen molar-refractivity contribution in [1.82, 2.24) is 0 Å². The molecule has 2 aromatic rings. The summed E-state index contributed by atoms with van der Waals surface area (Å²) in [4.78, 5) is 26.0. The molecule has 0 unspecified atom stereocenters. The van der Waals surface area contributed by atoms with Crippen molar-refractivity contribution < 1.29 is 18.0 Å². The number of anilines is 2. The van der Waals surface area contributed by atoms with E-state index in [0.29, 0.717) is 17.7 Å². The molecule has 1 saturated carbocycles. The number of carbonyl (C=O) groups excluding carboxylic acids is 2. The number of amides is 1. The van der Waals surface area contributed by atoms with Gasteiger partial charge in [0.2, 0.25) is 5.91 Å². The van der Waals surface area contributed by atoms with E-state index in [1.54, 1.807) is 30.3 Å². The molecule has 0 aromatic heterocycles. The zero-order valence-electron chi connectivity index (χ0n) is 15.8. The molecule has 0 radical (unpaired) electrons. The van der Waals surface area contributed by atoms with Crippen LogP contribution in [0.25, 0.3) is 0 Å². The molecule has 6 nitrogen and oxygen atoms in total. The third-order valence-corrected chi connectivity index (χ3v) is 6.64. The van der Waals surface area contributed by atoms with Gasteiger partial charge in [-0.05, 0) is 69.0 Å². The standard InChI is InChI=1S/C21H22N2O4S/c1-13-10-17-12-19(8-9-20(17)23(13)21(25)15-6-7-15)28(26,27)22-18-5-3-4-16(11-18)14(2)24/h3-5,8-9,11-13,15,22H,6-7,10H2,1-2H3/t13-/m1/s1. The maximum Gasteiger partial charge on any atom is 0.261 e. The lowest BCUT2D eigenvalue weighted by Crippen LogP contribution is -2.36. The van der Waals surface area contributed by atoms with Crippen molar-refractivity contribution in [2.45, 2.75) is 44.0 Å². The summed E-state index contributed by atoms with van der Waals surface area (Å²) in [5.74, 6) is 0.126. The molecule has 2 aromatic carbocycles. The number of benzene rings is 2. The lowest BCUT2D eigenvalue weighted by molar-refractivity contribution is -0.120. The van der Waals surface area contributed by atoms with Crippen LogP contribution in [0.1, 0.15) is 42.6 Å². The number of hydrogen-bond donors (Lipinski definition) is 1. The Bertz CT molecular complexity index is 1070. The molecule has 1 N–H and O–H groups in total. The van der Waals surface area contributed by atoms with Gasteiger partial charge in [0.05, 0.1) is 4.90 Å². The van der Waals surface area contributed by atoms with Crippen molar-refractivity contribution in [2.24, 2.45) is 5.92 Å². The second kappa shape index (κ2) is 6.74.